The van der Waals surface area contributed by atoms with Crippen molar-refractivity contribution in [2.24, 2.45) is 5.84 Å². The van der Waals surface area contributed by atoms with E-state index < -0.39 is 0 Å². The van der Waals surface area contributed by atoms with Gasteiger partial charge in [-0.05, 0) is 17.3 Å². The van der Waals surface area contributed by atoms with Gasteiger partial charge in [0.25, 0.3) is 0 Å². The highest BCUT2D eigenvalue weighted by molar-refractivity contribution is 7.92. The molecule has 2 rings (SSSR count). The second kappa shape index (κ2) is 4.66. The first-order chi connectivity index (χ1) is 7.68. The summed E-state index contributed by atoms with van der Waals surface area (Å²) < 4.78 is 6.63. The molecule has 0 spiro atoms. The Bertz CT molecular complexity index is 472. The zero-order valence-corrected chi connectivity index (χ0v) is 9.76. The van der Waals surface area contributed by atoms with Gasteiger partial charge in [0.2, 0.25) is 12.2 Å². The Morgan fingerprint density at radius 3 is 2.88 bits per heavy atom. The molecule has 0 atom stereocenters. The van der Waals surface area contributed by atoms with Crippen molar-refractivity contribution < 1.29 is 4.28 Å². The number of aromatic nitrogens is 3. The van der Waals surface area contributed by atoms with Gasteiger partial charge in [-0.3, -0.25) is 0 Å². The maximum atomic E-state index is 5.61. The standard InChI is InChI=1S/C8H12N6OS/c1-12(2)14(9)16-15-13-8-6-4-3-5-7(8)10-11-13/h3-6H,9H2,1-2H3. The molecule has 0 bridgehead atoms. The van der Waals surface area contributed by atoms with Crippen LogP contribution in [0.4, 0.5) is 0 Å². The molecule has 0 aliphatic carbocycles. The van der Waals surface area contributed by atoms with E-state index in [9.17, 15) is 0 Å². The van der Waals surface area contributed by atoms with Crippen molar-refractivity contribution in [1.82, 2.24) is 24.7 Å². The maximum absolute atomic E-state index is 5.61. The SMILES string of the molecule is CN(C)N(N)SOn1nnc2ccccc21. The van der Waals surface area contributed by atoms with Gasteiger partial charge in [-0.2, -0.15) is 0 Å². The zero-order valence-electron chi connectivity index (χ0n) is 8.94. The van der Waals surface area contributed by atoms with Crippen molar-refractivity contribution in [2.75, 3.05) is 14.1 Å². The molecule has 1 aromatic heterocycles. The molecule has 1 aromatic carbocycles. The summed E-state index contributed by atoms with van der Waals surface area (Å²) >= 11 is 0.955. The predicted molar refractivity (Wildman–Crippen MR) is 61.4 cm³/mol. The fourth-order valence-electron chi connectivity index (χ4n) is 1.03. The van der Waals surface area contributed by atoms with Crippen LogP contribution < -0.4 is 10.1 Å². The minimum atomic E-state index is 0.775. The monoisotopic (exact) mass is 240 g/mol. The number of rotatable bonds is 4. The Morgan fingerprint density at radius 2 is 2.12 bits per heavy atom. The van der Waals surface area contributed by atoms with E-state index in [1.807, 2.05) is 24.3 Å². The van der Waals surface area contributed by atoms with Gasteiger partial charge in [0, 0.05) is 14.1 Å². The second-order valence-corrected chi connectivity index (χ2v) is 3.92. The van der Waals surface area contributed by atoms with Crippen molar-refractivity contribution in [1.29, 1.82) is 0 Å². The minimum Gasteiger partial charge on any atom is -0.302 e. The average Bonchev–Trinajstić information content (AvgIpc) is 2.69. The number of fused-ring (bicyclic) bond motifs is 1. The third kappa shape index (κ3) is 2.25. The predicted octanol–water partition coefficient (Wildman–Crippen LogP) is 0.0754. The summed E-state index contributed by atoms with van der Waals surface area (Å²) in [6.07, 6.45) is 0. The molecule has 0 fully saturated rings. The van der Waals surface area contributed by atoms with Crippen LogP contribution in [0.3, 0.4) is 0 Å². The van der Waals surface area contributed by atoms with Crippen molar-refractivity contribution in [2.45, 2.75) is 0 Å². The molecule has 8 heteroatoms. The van der Waals surface area contributed by atoms with Crippen LogP contribution in [-0.2, 0) is 0 Å². The molecule has 0 saturated carbocycles. The molecule has 0 aliphatic heterocycles. The van der Waals surface area contributed by atoms with Crippen molar-refractivity contribution in [3.05, 3.63) is 24.3 Å². The number of nitrogens with zero attached hydrogens (tertiary/aromatic N) is 5. The molecule has 0 amide bonds. The number of hydrogen-bond donors (Lipinski definition) is 1. The molecule has 2 N–H and O–H groups in total. The third-order valence-corrected chi connectivity index (χ3v) is 2.58. The average molecular weight is 240 g/mol. The number of hydrogen-bond acceptors (Lipinski definition) is 7. The first kappa shape index (κ1) is 11.1. The zero-order chi connectivity index (χ0) is 11.5. The lowest BCUT2D eigenvalue weighted by Gasteiger charge is -2.19. The van der Waals surface area contributed by atoms with Gasteiger partial charge in [0.15, 0.2) is 0 Å². The van der Waals surface area contributed by atoms with E-state index in [1.165, 1.54) is 9.37 Å². The lowest BCUT2D eigenvalue weighted by molar-refractivity contribution is 0.125. The molecular formula is C8H12N6OS. The fourth-order valence-corrected chi connectivity index (χ4v) is 1.41. The van der Waals surface area contributed by atoms with Gasteiger partial charge in [-0.1, -0.05) is 21.5 Å². The summed E-state index contributed by atoms with van der Waals surface area (Å²) in [4.78, 5) is 1.32. The van der Waals surface area contributed by atoms with Crippen LogP contribution in [-0.4, -0.2) is 38.8 Å². The summed E-state index contributed by atoms with van der Waals surface area (Å²) in [6.45, 7) is 0. The highest BCUT2D eigenvalue weighted by atomic mass is 32.2. The normalized spacial score (nSPS) is 11.6. The van der Waals surface area contributed by atoms with Gasteiger partial charge in [0.05, 0.1) is 0 Å². The summed E-state index contributed by atoms with van der Waals surface area (Å²) in [5, 5.41) is 9.46. The van der Waals surface area contributed by atoms with Crippen LogP contribution in [0.2, 0.25) is 0 Å². The van der Waals surface area contributed by atoms with Crippen LogP contribution in [0.5, 0.6) is 0 Å². The Kier molecular flexibility index (Phi) is 3.25. The van der Waals surface area contributed by atoms with Gasteiger partial charge in [-0.15, -0.1) is 5.10 Å². The van der Waals surface area contributed by atoms with Gasteiger partial charge < -0.3 is 4.28 Å². The summed E-state index contributed by atoms with van der Waals surface area (Å²) in [5.74, 6) is 5.61. The molecule has 0 aliphatic rings. The molecule has 1 heterocycles. The van der Waals surface area contributed by atoms with E-state index in [0.717, 1.165) is 23.3 Å². The number of benzene rings is 1. The van der Waals surface area contributed by atoms with E-state index >= 15 is 0 Å². The van der Waals surface area contributed by atoms with E-state index in [0.29, 0.717) is 0 Å². The summed E-state index contributed by atoms with van der Waals surface area (Å²) in [7, 11) is 3.60. The van der Waals surface area contributed by atoms with E-state index in [4.69, 9.17) is 10.1 Å². The van der Waals surface area contributed by atoms with Gasteiger partial charge >= 0.3 is 0 Å². The molecule has 0 saturated heterocycles. The lowest BCUT2D eigenvalue weighted by atomic mass is 10.3. The van der Waals surface area contributed by atoms with Crippen molar-refractivity contribution in [3.63, 3.8) is 0 Å². The van der Waals surface area contributed by atoms with Crippen LogP contribution in [0, 0.1) is 0 Å². The molecule has 0 radical (unpaired) electrons. The highest BCUT2D eigenvalue weighted by Gasteiger charge is 2.08. The molecule has 0 unspecified atom stereocenters. The topological polar surface area (TPSA) is 72.4 Å². The number of para-hydroxylation sites is 1. The van der Waals surface area contributed by atoms with Gasteiger partial charge in [-0.25, -0.2) is 10.9 Å². The Balaban J connectivity index is 2.10. The van der Waals surface area contributed by atoms with Crippen LogP contribution >= 0.6 is 12.2 Å². The van der Waals surface area contributed by atoms with Crippen LogP contribution in [0.15, 0.2) is 24.3 Å². The molecule has 86 valence electrons. The van der Waals surface area contributed by atoms with Crippen molar-refractivity contribution >= 4 is 23.3 Å². The fraction of sp³-hybridized carbons (Fsp3) is 0.250. The van der Waals surface area contributed by atoms with E-state index in [2.05, 4.69) is 10.3 Å². The Hall–Kier alpha value is -1.35. The Morgan fingerprint density at radius 1 is 1.38 bits per heavy atom. The molecule has 16 heavy (non-hydrogen) atoms. The third-order valence-electron chi connectivity index (χ3n) is 1.90. The highest BCUT2D eigenvalue weighted by Crippen LogP contribution is 2.11. The largest absolute Gasteiger partial charge is 0.302 e. The lowest BCUT2D eigenvalue weighted by Crippen LogP contribution is -2.38. The summed E-state index contributed by atoms with van der Waals surface area (Å²) in [6, 6.07) is 7.51. The minimum absolute atomic E-state index is 0.775. The van der Waals surface area contributed by atoms with Crippen LogP contribution in [0.1, 0.15) is 0 Å². The number of nitrogens with two attached hydrogens (primary N) is 1. The van der Waals surface area contributed by atoms with Crippen molar-refractivity contribution in [3.8, 4) is 0 Å². The Labute approximate surface area is 97.0 Å². The van der Waals surface area contributed by atoms with Crippen LogP contribution in [0.25, 0.3) is 11.0 Å². The maximum Gasteiger partial charge on any atom is 0.210 e. The summed E-state index contributed by atoms with van der Waals surface area (Å²) in [5.41, 5.74) is 1.57. The number of hydrazine groups is 2. The van der Waals surface area contributed by atoms with Gasteiger partial charge in [0.1, 0.15) is 11.0 Å². The first-order valence-electron chi connectivity index (χ1n) is 4.56. The van der Waals surface area contributed by atoms with E-state index in [-0.39, 0.29) is 0 Å². The smallest absolute Gasteiger partial charge is 0.210 e. The molecule has 2 aromatic rings. The second-order valence-electron chi connectivity index (χ2n) is 3.25. The first-order valence-corrected chi connectivity index (χ1v) is 5.26. The molecule has 7 nitrogen and oxygen atoms in total. The molecular weight excluding hydrogens is 228 g/mol. The quantitative estimate of drug-likeness (QED) is 0.351. The van der Waals surface area contributed by atoms with E-state index in [1.54, 1.807) is 19.1 Å².